The Morgan fingerprint density at radius 3 is 2.76 bits per heavy atom. The van der Waals surface area contributed by atoms with Crippen molar-refractivity contribution in [1.82, 2.24) is 15.1 Å². The first-order chi connectivity index (χ1) is 13.7. The van der Waals surface area contributed by atoms with Gasteiger partial charge in [-0.1, -0.05) is 0 Å². The molecule has 2 aromatic rings. The maximum Gasteiger partial charge on any atom is 0.414 e. The summed E-state index contributed by atoms with van der Waals surface area (Å²) in [5.74, 6) is -4.05. The minimum atomic E-state index is -1.38. The number of aromatic nitrogens is 2. The third-order valence-electron chi connectivity index (χ3n) is 4.87. The maximum atomic E-state index is 14.8. The van der Waals surface area contributed by atoms with Crippen molar-refractivity contribution in [2.24, 2.45) is 7.05 Å². The molecule has 0 saturated carbocycles. The third-order valence-corrected chi connectivity index (χ3v) is 4.87. The minimum Gasteiger partial charge on any atom is -0.442 e. The lowest BCUT2D eigenvalue weighted by Gasteiger charge is -2.22. The number of rotatable bonds is 4. The molecule has 0 aliphatic carbocycles. The van der Waals surface area contributed by atoms with Crippen LogP contribution in [0.1, 0.15) is 18.2 Å². The number of carbonyl (C=O) groups excluding carboxylic acids is 2. The van der Waals surface area contributed by atoms with Crippen LogP contribution in [-0.4, -0.2) is 41.0 Å². The molecule has 1 atom stereocenters. The van der Waals surface area contributed by atoms with Crippen LogP contribution in [0.15, 0.2) is 12.3 Å². The van der Waals surface area contributed by atoms with Crippen molar-refractivity contribution >= 4 is 23.4 Å². The van der Waals surface area contributed by atoms with E-state index in [9.17, 15) is 22.8 Å². The molecule has 0 spiro atoms. The topological polar surface area (TPSA) is 79.7 Å². The fraction of sp³-hybridized carbons (Fsp3) is 0.389. The fourth-order valence-electron chi connectivity index (χ4n) is 3.59. The van der Waals surface area contributed by atoms with Crippen LogP contribution < -0.4 is 15.1 Å². The smallest absolute Gasteiger partial charge is 0.414 e. The van der Waals surface area contributed by atoms with Crippen molar-refractivity contribution in [3.63, 3.8) is 0 Å². The van der Waals surface area contributed by atoms with Gasteiger partial charge in [-0.25, -0.2) is 18.0 Å². The predicted octanol–water partition coefficient (Wildman–Crippen LogP) is 1.82. The second kappa shape index (κ2) is 6.98. The average molecular weight is 409 g/mol. The highest BCUT2D eigenvalue weighted by Crippen LogP contribution is 2.37. The molecule has 1 aromatic carbocycles. The van der Waals surface area contributed by atoms with Gasteiger partial charge in [0.15, 0.2) is 17.5 Å². The van der Waals surface area contributed by atoms with Gasteiger partial charge in [-0.15, -0.1) is 0 Å². The number of hydrogen-bond donors (Lipinski definition) is 1. The Labute approximate surface area is 163 Å². The first-order valence-electron chi connectivity index (χ1n) is 8.91. The number of nitrogens with zero attached hydrogens (tertiary/aromatic N) is 4. The van der Waals surface area contributed by atoms with Crippen LogP contribution in [0, 0.1) is 17.5 Å². The van der Waals surface area contributed by atoms with E-state index in [4.69, 9.17) is 4.74 Å². The minimum absolute atomic E-state index is 0.0156. The van der Waals surface area contributed by atoms with Crippen molar-refractivity contribution < 1.29 is 27.5 Å². The summed E-state index contributed by atoms with van der Waals surface area (Å²) in [6.45, 7) is 1.51. The van der Waals surface area contributed by atoms with Crippen LogP contribution in [0.2, 0.25) is 0 Å². The molecule has 1 aromatic heterocycles. The van der Waals surface area contributed by atoms with Gasteiger partial charge >= 0.3 is 6.09 Å². The number of halogens is 3. The van der Waals surface area contributed by atoms with Crippen molar-refractivity contribution in [2.75, 3.05) is 22.9 Å². The Morgan fingerprint density at radius 1 is 1.31 bits per heavy atom. The largest absolute Gasteiger partial charge is 0.442 e. The molecule has 11 heteroatoms. The molecule has 1 saturated heterocycles. The van der Waals surface area contributed by atoms with Gasteiger partial charge in [0.2, 0.25) is 5.91 Å². The van der Waals surface area contributed by atoms with Crippen molar-refractivity contribution in [3.05, 3.63) is 41.0 Å². The Morgan fingerprint density at radius 2 is 2.07 bits per heavy atom. The highest BCUT2D eigenvalue weighted by molar-refractivity contribution is 5.90. The molecule has 154 valence electrons. The second-order valence-electron chi connectivity index (χ2n) is 7.04. The van der Waals surface area contributed by atoms with E-state index in [1.165, 1.54) is 11.8 Å². The van der Waals surface area contributed by atoms with Crippen LogP contribution in [0.3, 0.4) is 0 Å². The van der Waals surface area contributed by atoms with E-state index in [0.717, 1.165) is 16.5 Å². The molecular weight excluding hydrogens is 391 g/mol. The number of hydrogen-bond acceptors (Lipinski definition) is 5. The summed E-state index contributed by atoms with van der Waals surface area (Å²) in [5.41, 5.74) is 0.420. The SMILES string of the molecule is CC(=O)NC[C@H]1CN(c2cc(F)c(N3Cc4cn(C)nc4C3)c(F)c2F)C(=O)O1. The molecule has 29 heavy (non-hydrogen) atoms. The lowest BCUT2D eigenvalue weighted by Crippen LogP contribution is -2.33. The zero-order chi connectivity index (χ0) is 20.9. The highest BCUT2D eigenvalue weighted by Gasteiger charge is 2.37. The number of carbonyl (C=O) groups is 2. The molecule has 1 fully saturated rings. The number of benzene rings is 1. The zero-order valence-corrected chi connectivity index (χ0v) is 15.7. The molecule has 3 heterocycles. The van der Waals surface area contributed by atoms with Crippen LogP contribution >= 0.6 is 0 Å². The van der Waals surface area contributed by atoms with Gasteiger partial charge < -0.3 is 15.0 Å². The molecule has 2 amide bonds. The monoisotopic (exact) mass is 409 g/mol. The van der Waals surface area contributed by atoms with E-state index in [-0.39, 0.29) is 32.1 Å². The maximum absolute atomic E-state index is 14.8. The number of nitrogens with one attached hydrogen (secondary N) is 1. The first-order valence-corrected chi connectivity index (χ1v) is 8.91. The molecule has 4 rings (SSSR count). The summed E-state index contributed by atoms with van der Waals surface area (Å²) in [5, 5.41) is 6.69. The quantitative estimate of drug-likeness (QED) is 0.780. The normalized spacial score (nSPS) is 18.2. The van der Waals surface area contributed by atoms with Gasteiger partial charge in [0, 0.05) is 38.3 Å². The standard InChI is InChI=1S/C18H18F3N5O3/c1-9(27)22-4-11-7-26(18(28)29-11)14-3-12(19)17(16(21)15(14)20)25-6-10-5-24(2)23-13(10)8-25/h3,5,11H,4,6-8H2,1-2H3,(H,22,27)/t11-/m0/s1. The Balaban J connectivity index is 1.58. The summed E-state index contributed by atoms with van der Waals surface area (Å²) in [4.78, 5) is 25.2. The Hall–Kier alpha value is -3.24. The van der Waals surface area contributed by atoms with E-state index in [1.807, 2.05) is 0 Å². The molecule has 2 aliphatic heterocycles. The summed E-state index contributed by atoms with van der Waals surface area (Å²) in [6, 6.07) is 0.784. The molecular formula is C18H18F3N5O3. The van der Waals surface area contributed by atoms with Crippen LogP contribution in [0.4, 0.5) is 29.3 Å². The number of ether oxygens (including phenoxy) is 1. The predicted molar refractivity (Wildman–Crippen MR) is 95.7 cm³/mol. The fourth-order valence-corrected chi connectivity index (χ4v) is 3.59. The molecule has 0 radical (unpaired) electrons. The van der Waals surface area contributed by atoms with Crippen LogP contribution in [0.25, 0.3) is 0 Å². The first kappa shape index (κ1) is 19.1. The summed E-state index contributed by atoms with van der Waals surface area (Å²) < 4.78 is 51.0. The van der Waals surface area contributed by atoms with Crippen molar-refractivity contribution in [2.45, 2.75) is 26.1 Å². The number of anilines is 2. The van der Waals surface area contributed by atoms with E-state index < -0.39 is 41.0 Å². The van der Waals surface area contributed by atoms with Gasteiger partial charge in [0.1, 0.15) is 11.8 Å². The number of amides is 2. The van der Waals surface area contributed by atoms with Gasteiger partial charge in [-0.05, 0) is 0 Å². The van der Waals surface area contributed by atoms with Gasteiger partial charge in [0.05, 0.1) is 31.0 Å². The highest BCUT2D eigenvalue weighted by atomic mass is 19.2. The molecule has 0 unspecified atom stereocenters. The van der Waals surface area contributed by atoms with Crippen LogP contribution in [-0.2, 0) is 29.7 Å². The van der Waals surface area contributed by atoms with Gasteiger partial charge in [0.25, 0.3) is 0 Å². The number of fused-ring (bicyclic) bond motifs is 1. The molecule has 2 aliphatic rings. The van der Waals surface area contributed by atoms with E-state index in [1.54, 1.807) is 17.9 Å². The van der Waals surface area contributed by atoms with Crippen molar-refractivity contribution in [1.29, 1.82) is 0 Å². The molecule has 0 bridgehead atoms. The van der Waals surface area contributed by atoms with Crippen LogP contribution in [0.5, 0.6) is 0 Å². The zero-order valence-electron chi connectivity index (χ0n) is 15.7. The lowest BCUT2D eigenvalue weighted by atomic mass is 10.2. The summed E-state index contributed by atoms with van der Waals surface area (Å²) in [6.07, 6.45) is 0.0475. The van der Waals surface area contributed by atoms with Gasteiger partial charge in [-0.3, -0.25) is 14.4 Å². The summed E-state index contributed by atoms with van der Waals surface area (Å²) >= 11 is 0. The second-order valence-corrected chi connectivity index (χ2v) is 7.04. The number of cyclic esters (lactones) is 1. The average Bonchev–Trinajstić information content (AvgIpc) is 3.29. The van der Waals surface area contributed by atoms with E-state index in [0.29, 0.717) is 5.69 Å². The summed E-state index contributed by atoms with van der Waals surface area (Å²) in [7, 11) is 1.74. The van der Waals surface area contributed by atoms with Crippen molar-refractivity contribution in [3.8, 4) is 0 Å². The Kier molecular flexibility index (Phi) is 4.59. The van der Waals surface area contributed by atoms with E-state index in [2.05, 4.69) is 10.4 Å². The molecule has 8 nitrogen and oxygen atoms in total. The molecule has 1 N–H and O–H groups in total. The third kappa shape index (κ3) is 3.36. The lowest BCUT2D eigenvalue weighted by molar-refractivity contribution is -0.119. The van der Waals surface area contributed by atoms with Gasteiger partial charge in [-0.2, -0.15) is 5.10 Å². The van der Waals surface area contributed by atoms with E-state index >= 15 is 0 Å². The Bertz CT molecular complexity index is 986. The number of aryl methyl sites for hydroxylation is 1.